The van der Waals surface area contributed by atoms with Crippen molar-refractivity contribution in [2.45, 2.75) is 12.6 Å². The quantitative estimate of drug-likeness (QED) is 0.825. The number of likely N-dealkylation sites (N-methyl/N-ethyl adjacent to an activating group) is 1. The maximum Gasteiger partial charge on any atom is 0.416 e. The Kier molecular flexibility index (Phi) is 4.62. The number of thioether (sulfide) groups is 1. The lowest BCUT2D eigenvalue weighted by atomic mass is 10.1. The Hall–Kier alpha value is -2.81. The second-order valence-electron chi connectivity index (χ2n) is 6.40. The molecular formula is C19H15F3N4OS. The number of halogens is 3. The van der Waals surface area contributed by atoms with E-state index in [2.05, 4.69) is 15.5 Å². The van der Waals surface area contributed by atoms with Gasteiger partial charge in [-0.15, -0.1) is 0 Å². The summed E-state index contributed by atoms with van der Waals surface area (Å²) in [7, 11) is 1.75. The minimum Gasteiger partial charge on any atom is -0.315 e. The van der Waals surface area contributed by atoms with Crippen molar-refractivity contribution in [3.63, 3.8) is 0 Å². The molecule has 9 heteroatoms. The Morgan fingerprint density at radius 2 is 2.04 bits per heavy atom. The molecule has 0 radical (unpaired) electrons. The number of amides is 1. The van der Waals surface area contributed by atoms with E-state index in [1.165, 1.54) is 23.9 Å². The van der Waals surface area contributed by atoms with Crippen LogP contribution in [-0.2, 0) is 17.4 Å². The van der Waals surface area contributed by atoms with Crippen molar-refractivity contribution in [2.24, 2.45) is 10.1 Å². The average Bonchev–Trinajstić information content (AvgIpc) is 2.95. The molecule has 0 atom stereocenters. The van der Waals surface area contributed by atoms with E-state index in [1.807, 2.05) is 18.2 Å². The number of carbonyl (C=O) groups excluding carboxylic acids is 1. The summed E-state index contributed by atoms with van der Waals surface area (Å²) >= 11 is 1.36. The fraction of sp³-hybridized carbons (Fsp3) is 0.211. The van der Waals surface area contributed by atoms with Gasteiger partial charge in [0.15, 0.2) is 5.17 Å². The summed E-state index contributed by atoms with van der Waals surface area (Å²) < 4.78 is 38.4. The number of hydrogen-bond donors (Lipinski definition) is 1. The van der Waals surface area contributed by atoms with Crippen LogP contribution in [0.3, 0.4) is 0 Å². The zero-order valence-corrected chi connectivity index (χ0v) is 15.6. The number of amidine groups is 1. The standard InChI is InChI=1S/C19H15F3N4OS/c1-26-16-6-5-11(7-12(16)8-17(26)27)15-10-28-18(25-24-15)23-14-4-2-3-13(9-14)19(20,21)22/h2-7,9H,8,10H2,1H3,(H,23,25). The summed E-state index contributed by atoms with van der Waals surface area (Å²) in [6.07, 6.45) is -4.03. The Morgan fingerprint density at radius 3 is 2.75 bits per heavy atom. The number of aliphatic imine (C=N–C) groups is 1. The largest absolute Gasteiger partial charge is 0.416 e. The molecule has 2 aromatic carbocycles. The Labute approximate surface area is 163 Å². The van der Waals surface area contributed by atoms with Crippen LogP contribution < -0.4 is 10.3 Å². The Bertz CT molecular complexity index is 1020. The summed E-state index contributed by atoms with van der Waals surface area (Å²) in [5, 5.41) is 4.74. The summed E-state index contributed by atoms with van der Waals surface area (Å²) in [5.74, 6) is 0.577. The highest BCUT2D eigenvalue weighted by Gasteiger charge is 2.30. The molecule has 0 aromatic heterocycles. The SMILES string of the molecule is CN1C(=O)Cc2cc(C3=NNC(=Nc4cccc(C(F)(F)F)c4)SC3)ccc21. The normalized spacial score (nSPS) is 18.1. The molecule has 0 unspecified atom stereocenters. The molecule has 0 saturated heterocycles. The topological polar surface area (TPSA) is 57.1 Å². The molecular weight excluding hydrogens is 389 g/mol. The van der Waals surface area contributed by atoms with Crippen LogP contribution in [-0.4, -0.2) is 29.6 Å². The number of hydrazone groups is 1. The van der Waals surface area contributed by atoms with Gasteiger partial charge in [-0.25, -0.2) is 4.99 Å². The van der Waals surface area contributed by atoms with E-state index in [1.54, 1.807) is 11.9 Å². The van der Waals surface area contributed by atoms with E-state index in [0.717, 1.165) is 34.7 Å². The van der Waals surface area contributed by atoms with Gasteiger partial charge in [0.1, 0.15) is 0 Å². The van der Waals surface area contributed by atoms with E-state index in [-0.39, 0.29) is 11.6 Å². The number of rotatable bonds is 2. The van der Waals surface area contributed by atoms with Crippen LogP contribution in [0.4, 0.5) is 24.5 Å². The molecule has 1 N–H and O–H groups in total. The summed E-state index contributed by atoms with van der Waals surface area (Å²) in [6.45, 7) is 0. The monoisotopic (exact) mass is 404 g/mol. The molecule has 2 aliphatic rings. The molecule has 0 spiro atoms. The lowest BCUT2D eigenvalue weighted by Crippen LogP contribution is -2.25. The van der Waals surface area contributed by atoms with Gasteiger partial charge in [0.25, 0.3) is 0 Å². The van der Waals surface area contributed by atoms with Gasteiger partial charge in [-0.05, 0) is 41.5 Å². The molecule has 28 heavy (non-hydrogen) atoms. The lowest BCUT2D eigenvalue weighted by Gasteiger charge is -2.16. The van der Waals surface area contributed by atoms with Gasteiger partial charge in [-0.2, -0.15) is 18.3 Å². The summed E-state index contributed by atoms with van der Waals surface area (Å²) in [5.41, 5.74) is 5.83. The number of nitrogens with zero attached hydrogens (tertiary/aromatic N) is 3. The van der Waals surface area contributed by atoms with E-state index in [4.69, 9.17) is 0 Å². The Morgan fingerprint density at radius 1 is 1.21 bits per heavy atom. The van der Waals surface area contributed by atoms with Gasteiger partial charge in [-0.3, -0.25) is 10.2 Å². The summed E-state index contributed by atoms with van der Waals surface area (Å²) in [4.78, 5) is 17.7. The first-order chi connectivity index (χ1) is 13.3. The van der Waals surface area contributed by atoms with Crippen molar-refractivity contribution in [3.05, 3.63) is 59.2 Å². The second kappa shape index (κ2) is 6.97. The van der Waals surface area contributed by atoms with Crippen LogP contribution in [0.5, 0.6) is 0 Å². The minimum atomic E-state index is -4.41. The van der Waals surface area contributed by atoms with Crippen LogP contribution in [0.2, 0.25) is 0 Å². The van der Waals surface area contributed by atoms with Gasteiger partial charge in [0, 0.05) is 18.5 Å². The highest BCUT2D eigenvalue weighted by molar-refractivity contribution is 8.14. The third-order valence-corrected chi connectivity index (χ3v) is 5.40. The smallest absolute Gasteiger partial charge is 0.315 e. The average molecular weight is 404 g/mol. The number of nitrogens with one attached hydrogen (secondary N) is 1. The molecule has 0 saturated carbocycles. The van der Waals surface area contributed by atoms with Gasteiger partial charge < -0.3 is 4.90 Å². The van der Waals surface area contributed by atoms with Crippen LogP contribution in [0.25, 0.3) is 0 Å². The number of fused-ring (bicyclic) bond motifs is 1. The molecule has 0 bridgehead atoms. The van der Waals surface area contributed by atoms with Crippen molar-refractivity contribution in [3.8, 4) is 0 Å². The van der Waals surface area contributed by atoms with E-state index < -0.39 is 11.7 Å². The van der Waals surface area contributed by atoms with Crippen molar-refractivity contribution in [1.82, 2.24) is 5.43 Å². The Balaban J connectivity index is 1.52. The van der Waals surface area contributed by atoms with Gasteiger partial charge >= 0.3 is 6.18 Å². The number of alkyl halides is 3. The van der Waals surface area contributed by atoms with E-state index >= 15 is 0 Å². The molecule has 2 aromatic rings. The zero-order valence-electron chi connectivity index (χ0n) is 14.7. The maximum atomic E-state index is 12.8. The fourth-order valence-corrected chi connectivity index (χ4v) is 3.83. The number of carbonyl (C=O) groups is 1. The minimum absolute atomic E-state index is 0.0562. The highest BCUT2D eigenvalue weighted by atomic mass is 32.2. The lowest BCUT2D eigenvalue weighted by molar-refractivity contribution is -0.137. The number of anilines is 1. The third-order valence-electron chi connectivity index (χ3n) is 4.53. The second-order valence-corrected chi connectivity index (χ2v) is 7.36. The molecule has 2 heterocycles. The van der Waals surface area contributed by atoms with Gasteiger partial charge in [0.05, 0.1) is 23.4 Å². The molecule has 1 amide bonds. The fourth-order valence-electron chi connectivity index (χ4n) is 3.04. The van der Waals surface area contributed by atoms with Crippen molar-refractivity contribution < 1.29 is 18.0 Å². The van der Waals surface area contributed by atoms with Crippen molar-refractivity contribution >= 4 is 39.9 Å². The summed E-state index contributed by atoms with van der Waals surface area (Å²) in [6, 6.07) is 10.6. The van der Waals surface area contributed by atoms with Crippen molar-refractivity contribution in [1.29, 1.82) is 0 Å². The van der Waals surface area contributed by atoms with Gasteiger partial charge in [-0.1, -0.05) is 23.9 Å². The zero-order chi connectivity index (χ0) is 19.9. The first kappa shape index (κ1) is 18.5. The van der Waals surface area contributed by atoms with Crippen LogP contribution in [0, 0.1) is 0 Å². The molecule has 0 fully saturated rings. The molecule has 5 nitrogen and oxygen atoms in total. The third kappa shape index (κ3) is 3.62. The van der Waals surface area contributed by atoms with Crippen LogP contribution in [0.15, 0.2) is 52.6 Å². The first-order valence-corrected chi connectivity index (χ1v) is 9.41. The predicted octanol–water partition coefficient (Wildman–Crippen LogP) is 3.95. The number of benzene rings is 2. The van der Waals surface area contributed by atoms with E-state index in [9.17, 15) is 18.0 Å². The predicted molar refractivity (Wildman–Crippen MR) is 104 cm³/mol. The molecule has 2 aliphatic heterocycles. The maximum absolute atomic E-state index is 12.8. The van der Waals surface area contributed by atoms with Crippen molar-refractivity contribution in [2.75, 3.05) is 17.7 Å². The highest BCUT2D eigenvalue weighted by Crippen LogP contribution is 2.32. The van der Waals surface area contributed by atoms with E-state index in [0.29, 0.717) is 17.3 Å². The van der Waals surface area contributed by atoms with Crippen LogP contribution in [0.1, 0.15) is 16.7 Å². The molecule has 144 valence electrons. The first-order valence-electron chi connectivity index (χ1n) is 8.42. The molecule has 0 aliphatic carbocycles. The molecule has 4 rings (SSSR count). The van der Waals surface area contributed by atoms with Gasteiger partial charge in [0.2, 0.25) is 5.91 Å². The number of hydrogen-bond acceptors (Lipinski definition) is 4. The van der Waals surface area contributed by atoms with Crippen LogP contribution >= 0.6 is 11.8 Å².